The second-order valence-corrected chi connectivity index (χ2v) is 19.6. The van der Waals surface area contributed by atoms with Crippen LogP contribution in [-0.2, 0) is 10.8 Å². The summed E-state index contributed by atoms with van der Waals surface area (Å²) in [6.07, 6.45) is 0. The SMILES string of the molecule is N#Cc1cc(-n2c3ccccc3c3c4c(ccc32)-c2ccccc2C4(c2ccccc2)c2ccccc2)c(-n2c3ccccc3c3c4c(ccc32)-c2ccccc2C4(c2ccccc2)c2ccccc2)cc1C#N. The van der Waals surface area contributed by atoms with E-state index in [1.807, 2.05) is 12.1 Å². The molecule has 0 spiro atoms. The average Bonchev–Trinajstić information content (AvgIpc) is 4.33. The van der Waals surface area contributed by atoms with Crippen molar-refractivity contribution in [2.24, 2.45) is 0 Å². The molecule has 0 atom stereocenters. The molecule has 2 aliphatic carbocycles. The van der Waals surface area contributed by atoms with Crippen LogP contribution in [0.2, 0.25) is 0 Å². The summed E-state index contributed by atoms with van der Waals surface area (Å²) in [7, 11) is 0. The number of fused-ring (bicyclic) bond motifs is 14. The van der Waals surface area contributed by atoms with E-state index in [0.29, 0.717) is 11.1 Å². The highest BCUT2D eigenvalue weighted by atomic mass is 15.1. The summed E-state index contributed by atoms with van der Waals surface area (Å²) in [6.45, 7) is 0. The number of hydrogen-bond donors (Lipinski definition) is 0. The third-order valence-electron chi connectivity index (χ3n) is 16.3. The first-order valence-corrected chi connectivity index (χ1v) is 25.2. The van der Waals surface area contributed by atoms with Gasteiger partial charge in [0.15, 0.2) is 0 Å². The number of para-hydroxylation sites is 2. The first kappa shape index (κ1) is 41.8. The lowest BCUT2D eigenvalue weighted by Crippen LogP contribution is -2.28. The summed E-state index contributed by atoms with van der Waals surface area (Å²) in [5.41, 5.74) is 19.4. The Balaban J connectivity index is 1.10. The number of benzene rings is 11. The summed E-state index contributed by atoms with van der Waals surface area (Å²) < 4.78 is 4.71. The number of rotatable bonds is 6. The highest BCUT2D eigenvalue weighted by Gasteiger charge is 2.49. The number of nitrogens with zero attached hydrogens (tertiary/aromatic N) is 4. The molecule has 0 aliphatic heterocycles. The minimum atomic E-state index is -0.664. The van der Waals surface area contributed by atoms with E-state index in [-0.39, 0.29) is 0 Å². The van der Waals surface area contributed by atoms with Crippen LogP contribution >= 0.6 is 0 Å². The lowest BCUT2D eigenvalue weighted by atomic mass is 9.67. The van der Waals surface area contributed by atoms with Gasteiger partial charge in [-0.2, -0.15) is 10.5 Å². The summed E-state index contributed by atoms with van der Waals surface area (Å²) >= 11 is 0. The molecular weight excluding hydrogens is 897 g/mol. The van der Waals surface area contributed by atoms with Crippen molar-refractivity contribution in [1.82, 2.24) is 9.13 Å². The molecule has 2 aromatic heterocycles. The normalized spacial score (nSPS) is 13.6. The number of aromatic nitrogens is 2. The van der Waals surface area contributed by atoms with Crippen LogP contribution < -0.4 is 0 Å². The summed E-state index contributed by atoms with van der Waals surface area (Å²) in [6, 6.07) is 97.0. The van der Waals surface area contributed by atoms with Gasteiger partial charge in [0.25, 0.3) is 0 Å². The van der Waals surface area contributed by atoms with Crippen LogP contribution in [0.15, 0.2) is 255 Å². The fourth-order valence-electron chi connectivity index (χ4n) is 13.6. The Hall–Kier alpha value is -10.0. The van der Waals surface area contributed by atoms with Gasteiger partial charge in [0.2, 0.25) is 0 Å². The highest BCUT2D eigenvalue weighted by molar-refractivity contribution is 6.17. The van der Waals surface area contributed by atoms with Gasteiger partial charge in [-0.25, -0.2) is 0 Å². The van der Waals surface area contributed by atoms with E-state index in [0.717, 1.165) is 55.0 Å². The van der Waals surface area contributed by atoms with Crippen LogP contribution in [0.4, 0.5) is 0 Å². The monoisotopic (exact) mass is 938 g/mol. The summed E-state index contributed by atoms with van der Waals surface area (Å²) in [4.78, 5) is 0. The molecule has 4 nitrogen and oxygen atoms in total. The average molecular weight is 939 g/mol. The first-order chi connectivity index (χ1) is 36.7. The predicted molar refractivity (Wildman–Crippen MR) is 299 cm³/mol. The van der Waals surface area contributed by atoms with Crippen molar-refractivity contribution in [2.45, 2.75) is 10.8 Å². The Labute approximate surface area is 428 Å². The van der Waals surface area contributed by atoms with E-state index in [1.165, 1.54) is 66.8 Å². The molecule has 0 saturated heterocycles. The molecule has 11 aromatic carbocycles. The topological polar surface area (TPSA) is 57.4 Å². The third kappa shape index (κ3) is 5.33. The minimum Gasteiger partial charge on any atom is -0.307 e. The second kappa shape index (κ2) is 15.8. The van der Waals surface area contributed by atoms with Gasteiger partial charge in [-0.3, -0.25) is 0 Å². The quantitative estimate of drug-likeness (QED) is 0.167. The van der Waals surface area contributed by atoms with Gasteiger partial charge in [0.1, 0.15) is 12.1 Å². The van der Waals surface area contributed by atoms with E-state index in [1.54, 1.807) is 0 Å². The molecule has 15 rings (SSSR count). The number of hydrogen-bond acceptors (Lipinski definition) is 2. The molecule has 13 aromatic rings. The third-order valence-corrected chi connectivity index (χ3v) is 16.3. The molecule has 2 heterocycles. The van der Waals surface area contributed by atoms with Gasteiger partial charge >= 0.3 is 0 Å². The maximum absolute atomic E-state index is 11.0. The van der Waals surface area contributed by atoms with E-state index in [2.05, 4.69) is 264 Å². The van der Waals surface area contributed by atoms with E-state index in [9.17, 15) is 10.5 Å². The molecule has 74 heavy (non-hydrogen) atoms. The maximum Gasteiger partial charge on any atom is 0.101 e. The molecule has 0 radical (unpaired) electrons. The van der Waals surface area contributed by atoms with Crippen molar-refractivity contribution in [2.75, 3.05) is 0 Å². The lowest BCUT2D eigenvalue weighted by Gasteiger charge is -2.34. The molecule has 342 valence electrons. The smallest absolute Gasteiger partial charge is 0.101 e. The van der Waals surface area contributed by atoms with Gasteiger partial charge in [0, 0.05) is 21.5 Å². The van der Waals surface area contributed by atoms with Gasteiger partial charge in [-0.15, -0.1) is 0 Å². The van der Waals surface area contributed by atoms with Crippen molar-refractivity contribution in [1.29, 1.82) is 10.5 Å². The van der Waals surface area contributed by atoms with E-state index in [4.69, 9.17) is 0 Å². The van der Waals surface area contributed by atoms with Gasteiger partial charge in [0.05, 0.1) is 55.4 Å². The zero-order valence-corrected chi connectivity index (χ0v) is 40.0. The van der Waals surface area contributed by atoms with Crippen molar-refractivity contribution >= 4 is 43.6 Å². The Kier molecular flexibility index (Phi) is 8.89. The van der Waals surface area contributed by atoms with Gasteiger partial charge < -0.3 is 9.13 Å². The van der Waals surface area contributed by atoms with Crippen molar-refractivity contribution < 1.29 is 0 Å². The molecule has 4 heteroatoms. The molecule has 0 fully saturated rings. The fraction of sp³-hybridized carbons (Fsp3) is 0.0286. The Morgan fingerprint density at radius 1 is 0.297 bits per heavy atom. The second-order valence-electron chi connectivity index (χ2n) is 19.6. The first-order valence-electron chi connectivity index (χ1n) is 25.2. The van der Waals surface area contributed by atoms with Crippen LogP contribution in [-0.4, -0.2) is 9.13 Å². The van der Waals surface area contributed by atoms with Crippen molar-refractivity contribution in [3.05, 3.63) is 310 Å². The fourth-order valence-corrected chi connectivity index (χ4v) is 13.6. The Bertz CT molecular complexity index is 4180. The zero-order valence-electron chi connectivity index (χ0n) is 40.0. The van der Waals surface area contributed by atoms with Crippen LogP contribution in [0, 0.1) is 22.7 Å². The predicted octanol–water partition coefficient (Wildman–Crippen LogP) is 16.4. The summed E-state index contributed by atoms with van der Waals surface area (Å²) in [5.74, 6) is 0. The van der Waals surface area contributed by atoms with E-state index < -0.39 is 10.8 Å². The Morgan fingerprint density at radius 2 is 0.622 bits per heavy atom. The molecule has 2 aliphatic rings. The van der Waals surface area contributed by atoms with Crippen LogP contribution in [0.1, 0.15) is 55.6 Å². The molecule has 0 N–H and O–H groups in total. The summed E-state index contributed by atoms with van der Waals surface area (Å²) in [5, 5.41) is 26.4. The molecular formula is C70H42N4. The van der Waals surface area contributed by atoms with Crippen LogP contribution in [0.3, 0.4) is 0 Å². The van der Waals surface area contributed by atoms with E-state index >= 15 is 0 Å². The van der Waals surface area contributed by atoms with Crippen LogP contribution in [0.5, 0.6) is 0 Å². The minimum absolute atomic E-state index is 0.318. The van der Waals surface area contributed by atoms with Crippen molar-refractivity contribution in [3.63, 3.8) is 0 Å². The molecule has 0 unspecified atom stereocenters. The van der Waals surface area contributed by atoms with Crippen LogP contribution in [0.25, 0.3) is 77.2 Å². The van der Waals surface area contributed by atoms with Gasteiger partial charge in [-0.05, 0) is 103 Å². The molecule has 0 amide bonds. The standard InChI is InChI=1S/C70H42N4/c71-43-45-41-63(73-59-35-19-15-31-55(59)65-61(73)39-37-53-51-29-13-17-33-57(51)69(67(53)65,47-21-5-1-6-22-47)48-23-7-2-8-24-48)64(42-46(45)44-72)74-60-36-20-16-32-56(60)66-62(74)40-38-54-52-30-14-18-34-58(52)70(68(54)66,49-25-9-3-10-26-49)50-27-11-4-12-28-50/h1-42H. The maximum atomic E-state index is 11.0. The van der Waals surface area contributed by atoms with Crippen molar-refractivity contribution in [3.8, 4) is 45.8 Å². The number of nitriles is 2. The zero-order chi connectivity index (χ0) is 49.1. The van der Waals surface area contributed by atoms with Gasteiger partial charge in [-0.1, -0.05) is 218 Å². The lowest BCUT2D eigenvalue weighted by molar-refractivity contribution is 0.776. The largest absolute Gasteiger partial charge is 0.307 e. The Morgan fingerprint density at radius 3 is 0.986 bits per heavy atom. The highest BCUT2D eigenvalue weighted by Crippen LogP contribution is 2.61. The molecule has 0 bridgehead atoms. The molecule has 0 saturated carbocycles.